The molecule has 0 radical (unpaired) electrons. The molecule has 12 heavy (non-hydrogen) atoms. The quantitative estimate of drug-likeness (QED) is 0.338. The van der Waals surface area contributed by atoms with Crippen molar-refractivity contribution in [3.05, 3.63) is 22.3 Å². The predicted octanol–water partition coefficient (Wildman–Crippen LogP) is 0.257. The van der Waals surface area contributed by atoms with Crippen molar-refractivity contribution in [2.75, 3.05) is 7.05 Å². The molecule has 0 spiro atoms. The maximum atomic E-state index is 11.0. The molecular weight excluding hydrogens is 160 g/mol. The van der Waals surface area contributed by atoms with Crippen LogP contribution in [0.1, 0.15) is 0 Å². The first-order chi connectivity index (χ1) is 5.74. The third kappa shape index (κ3) is 0.906. The zero-order chi connectivity index (χ0) is 8.72. The first kappa shape index (κ1) is 7.85. The van der Waals surface area contributed by atoms with Crippen molar-refractivity contribution < 1.29 is 4.74 Å². The van der Waals surface area contributed by atoms with Gasteiger partial charge in [-0.05, 0) is 7.05 Å². The number of hydrogen-bond donors (Lipinski definition) is 0. The van der Waals surface area contributed by atoms with Crippen molar-refractivity contribution in [2.45, 2.75) is 24.3 Å². The van der Waals surface area contributed by atoms with Crippen LogP contribution in [0.4, 0.5) is 0 Å². The van der Waals surface area contributed by atoms with E-state index in [9.17, 15) is 10.1 Å². The summed E-state index contributed by atoms with van der Waals surface area (Å²) in [7, 11) is 1.39. The highest BCUT2D eigenvalue weighted by Crippen LogP contribution is 2.33. The van der Waals surface area contributed by atoms with Crippen LogP contribution < -0.4 is 0 Å². The molecule has 66 valence electrons. The monoisotopic (exact) mass is 169 g/mol. The second-order valence-electron chi connectivity index (χ2n) is 3.08. The van der Waals surface area contributed by atoms with Crippen LogP contribution >= 0.6 is 0 Å². The summed E-state index contributed by atoms with van der Waals surface area (Å²) in [5.41, 5.74) is 0. The van der Waals surface area contributed by atoms with Gasteiger partial charge in [-0.1, -0.05) is 17.3 Å². The lowest BCUT2D eigenvalue weighted by atomic mass is 9.97. The van der Waals surface area contributed by atoms with E-state index in [2.05, 4.69) is 5.18 Å². The molecular formula is C7H9N2O3-. The fourth-order valence-electron chi connectivity index (χ4n) is 1.81. The molecule has 2 aliphatic heterocycles. The van der Waals surface area contributed by atoms with Gasteiger partial charge in [0.15, 0.2) is 0 Å². The molecule has 4 unspecified atom stereocenters. The Balaban J connectivity index is 2.22. The van der Waals surface area contributed by atoms with Crippen molar-refractivity contribution in [3.8, 4) is 0 Å². The molecule has 0 aromatic heterocycles. The van der Waals surface area contributed by atoms with E-state index in [0.29, 0.717) is 0 Å². The molecule has 0 aliphatic carbocycles. The summed E-state index contributed by atoms with van der Waals surface area (Å²) in [5, 5.41) is 14.7. The summed E-state index contributed by atoms with van der Waals surface area (Å²) in [5.74, 6) is 0. The Hall–Kier alpha value is -0.780. The van der Waals surface area contributed by atoms with E-state index in [4.69, 9.17) is 4.74 Å². The van der Waals surface area contributed by atoms with Crippen LogP contribution in [0.3, 0.4) is 0 Å². The standard InChI is InChI=1S/C7H9N2O3/c1-9(11)7-5-3-2-4(12-5)6(7)8-10/h2-7H,1H3/q-1. The Kier molecular flexibility index (Phi) is 1.71. The maximum absolute atomic E-state index is 11.0. The number of ether oxygens (including phenoxy) is 1. The van der Waals surface area contributed by atoms with Gasteiger partial charge in [0, 0.05) is 0 Å². The summed E-state index contributed by atoms with van der Waals surface area (Å²) in [6.45, 7) is 0. The number of hydroxylamine groups is 2. The van der Waals surface area contributed by atoms with Gasteiger partial charge in [-0.2, -0.15) is 4.91 Å². The molecule has 5 nitrogen and oxygen atoms in total. The van der Waals surface area contributed by atoms with Crippen LogP contribution in [0.5, 0.6) is 0 Å². The Morgan fingerprint density at radius 3 is 2.67 bits per heavy atom. The minimum Gasteiger partial charge on any atom is -0.785 e. The molecule has 2 bridgehead atoms. The van der Waals surface area contributed by atoms with E-state index in [-0.39, 0.29) is 12.2 Å². The molecule has 1 saturated heterocycles. The predicted molar refractivity (Wildman–Crippen MR) is 42.3 cm³/mol. The van der Waals surface area contributed by atoms with Gasteiger partial charge in [0.25, 0.3) is 0 Å². The number of hydrogen-bond acceptors (Lipinski definition) is 5. The maximum Gasteiger partial charge on any atom is 0.139 e. The molecule has 0 N–H and O–H groups in total. The highest BCUT2D eigenvalue weighted by molar-refractivity contribution is 5.20. The molecule has 0 aromatic carbocycles. The van der Waals surface area contributed by atoms with Crippen LogP contribution in [0.25, 0.3) is 0 Å². The van der Waals surface area contributed by atoms with Gasteiger partial charge < -0.3 is 15.0 Å². The first-order valence-corrected chi connectivity index (χ1v) is 3.80. The van der Waals surface area contributed by atoms with Crippen molar-refractivity contribution in [1.29, 1.82) is 0 Å². The van der Waals surface area contributed by atoms with Gasteiger partial charge in [0.2, 0.25) is 0 Å². The zero-order valence-electron chi connectivity index (χ0n) is 6.58. The molecule has 2 heterocycles. The number of fused-ring (bicyclic) bond motifs is 2. The van der Waals surface area contributed by atoms with Crippen LogP contribution in [-0.4, -0.2) is 36.4 Å². The summed E-state index contributed by atoms with van der Waals surface area (Å²) >= 11 is 0. The number of nitroso groups, excluding NO2 is 1. The smallest absolute Gasteiger partial charge is 0.139 e. The van der Waals surface area contributed by atoms with Crippen molar-refractivity contribution in [2.24, 2.45) is 5.18 Å². The molecule has 0 saturated carbocycles. The SMILES string of the molecule is CN([O-])C1C2C=CC(O2)C1N=O. The molecule has 0 amide bonds. The van der Waals surface area contributed by atoms with E-state index in [1.807, 2.05) is 6.08 Å². The average Bonchev–Trinajstić information content (AvgIpc) is 2.60. The Bertz CT molecular complexity index is 229. The van der Waals surface area contributed by atoms with Crippen molar-refractivity contribution in [3.63, 3.8) is 0 Å². The van der Waals surface area contributed by atoms with Crippen LogP contribution in [-0.2, 0) is 4.74 Å². The van der Waals surface area contributed by atoms with Crippen LogP contribution in [0, 0.1) is 10.1 Å². The first-order valence-electron chi connectivity index (χ1n) is 3.80. The zero-order valence-corrected chi connectivity index (χ0v) is 6.58. The van der Waals surface area contributed by atoms with Crippen LogP contribution in [0.2, 0.25) is 0 Å². The minimum atomic E-state index is -0.539. The molecule has 2 rings (SSSR count). The van der Waals surface area contributed by atoms with Gasteiger partial charge in [0.1, 0.15) is 12.1 Å². The fourth-order valence-corrected chi connectivity index (χ4v) is 1.81. The van der Waals surface area contributed by atoms with Gasteiger partial charge in [-0.25, -0.2) is 0 Å². The third-order valence-corrected chi connectivity index (χ3v) is 2.37. The van der Waals surface area contributed by atoms with Gasteiger partial charge in [0.05, 0.1) is 12.1 Å². The summed E-state index contributed by atoms with van der Waals surface area (Å²) in [4.78, 5) is 10.4. The van der Waals surface area contributed by atoms with Crippen molar-refractivity contribution in [1.82, 2.24) is 5.06 Å². The summed E-state index contributed by atoms with van der Waals surface area (Å²) < 4.78 is 5.30. The summed E-state index contributed by atoms with van der Waals surface area (Å²) in [6.07, 6.45) is 3.07. The third-order valence-electron chi connectivity index (χ3n) is 2.37. The fraction of sp³-hybridized carbons (Fsp3) is 0.714. The van der Waals surface area contributed by atoms with Crippen molar-refractivity contribution >= 4 is 0 Å². The van der Waals surface area contributed by atoms with E-state index in [1.54, 1.807) is 6.08 Å². The van der Waals surface area contributed by atoms with Gasteiger partial charge in [-0.3, -0.25) is 0 Å². The lowest BCUT2D eigenvalue weighted by molar-refractivity contribution is 0.101. The molecule has 5 heteroatoms. The summed E-state index contributed by atoms with van der Waals surface area (Å²) in [6, 6.07) is -0.972. The van der Waals surface area contributed by atoms with Gasteiger partial charge >= 0.3 is 0 Å². The van der Waals surface area contributed by atoms with E-state index < -0.39 is 12.1 Å². The second kappa shape index (κ2) is 2.62. The average molecular weight is 169 g/mol. The largest absolute Gasteiger partial charge is 0.785 e. The molecule has 0 aromatic rings. The van der Waals surface area contributed by atoms with Crippen LogP contribution in [0.15, 0.2) is 17.3 Å². The lowest BCUT2D eigenvalue weighted by Crippen LogP contribution is -2.43. The molecule has 2 aliphatic rings. The normalized spacial score (nSPS) is 44.2. The van der Waals surface area contributed by atoms with E-state index >= 15 is 0 Å². The highest BCUT2D eigenvalue weighted by atomic mass is 16.5. The second-order valence-corrected chi connectivity index (χ2v) is 3.08. The Labute approximate surface area is 69.5 Å². The molecule has 4 atom stereocenters. The number of rotatable bonds is 2. The Morgan fingerprint density at radius 2 is 2.17 bits per heavy atom. The lowest BCUT2D eigenvalue weighted by Gasteiger charge is -2.34. The van der Waals surface area contributed by atoms with E-state index in [1.165, 1.54) is 7.05 Å². The van der Waals surface area contributed by atoms with E-state index in [0.717, 1.165) is 5.06 Å². The molecule has 1 fully saturated rings. The number of likely N-dealkylation sites (N-methyl/N-ethyl adjacent to an activating group) is 1. The van der Waals surface area contributed by atoms with Gasteiger partial charge in [-0.15, -0.1) is 0 Å². The highest BCUT2D eigenvalue weighted by Gasteiger charge is 2.46. The Morgan fingerprint density at radius 1 is 1.50 bits per heavy atom. The number of nitrogens with zero attached hydrogens (tertiary/aromatic N) is 2. The minimum absolute atomic E-state index is 0.250. The topological polar surface area (TPSA) is 65.0 Å².